The number of benzene rings is 1. The van der Waals surface area contributed by atoms with Crippen LogP contribution in [0, 0.1) is 5.92 Å². The zero-order chi connectivity index (χ0) is 19.4. The van der Waals surface area contributed by atoms with Crippen LogP contribution in [0.2, 0.25) is 0 Å². The number of phenols is 1. The van der Waals surface area contributed by atoms with Gasteiger partial charge in [-0.1, -0.05) is 26.0 Å². The molecule has 1 fully saturated rings. The normalized spacial score (nSPS) is 15.9. The van der Waals surface area contributed by atoms with Crippen molar-refractivity contribution in [1.29, 1.82) is 0 Å². The van der Waals surface area contributed by atoms with E-state index in [1.54, 1.807) is 17.0 Å². The van der Waals surface area contributed by atoms with Gasteiger partial charge in [0, 0.05) is 37.8 Å². The molecule has 2 N–H and O–H groups in total. The Morgan fingerprint density at radius 1 is 1.15 bits per heavy atom. The average Bonchev–Trinajstić information content (AvgIpc) is 2.67. The van der Waals surface area contributed by atoms with Crippen LogP contribution in [0.1, 0.15) is 20.3 Å². The summed E-state index contributed by atoms with van der Waals surface area (Å²) in [6.45, 7) is 6.35. The number of nitrogens with zero attached hydrogens (tertiary/aromatic N) is 4. The quantitative estimate of drug-likeness (QED) is 0.836. The van der Waals surface area contributed by atoms with Crippen molar-refractivity contribution in [3.63, 3.8) is 0 Å². The molecular formula is C20H26N4O3. The molecule has 7 nitrogen and oxygen atoms in total. The van der Waals surface area contributed by atoms with E-state index in [0.717, 1.165) is 5.82 Å². The van der Waals surface area contributed by atoms with Gasteiger partial charge >= 0.3 is 0 Å². The number of carbonyl (C=O) groups is 1. The van der Waals surface area contributed by atoms with Gasteiger partial charge < -0.3 is 20.0 Å². The third-order valence-corrected chi connectivity index (χ3v) is 4.73. The first-order valence-electron chi connectivity index (χ1n) is 9.28. The van der Waals surface area contributed by atoms with Gasteiger partial charge in [-0.2, -0.15) is 0 Å². The van der Waals surface area contributed by atoms with Crippen molar-refractivity contribution >= 4 is 11.7 Å². The fourth-order valence-electron chi connectivity index (χ4n) is 3.27. The van der Waals surface area contributed by atoms with E-state index < -0.39 is 6.10 Å². The van der Waals surface area contributed by atoms with E-state index in [0.29, 0.717) is 43.9 Å². The van der Waals surface area contributed by atoms with Crippen LogP contribution in [0.3, 0.4) is 0 Å². The van der Waals surface area contributed by atoms with Crippen molar-refractivity contribution in [2.75, 3.05) is 31.1 Å². The Morgan fingerprint density at radius 3 is 2.52 bits per heavy atom. The summed E-state index contributed by atoms with van der Waals surface area (Å²) in [6.07, 6.45) is 1.04. The van der Waals surface area contributed by atoms with Gasteiger partial charge in [0.25, 0.3) is 5.91 Å². The Balaban J connectivity index is 1.66. The zero-order valence-corrected chi connectivity index (χ0v) is 15.7. The SMILES string of the molecule is CC(C)C[C@@H](O)C(=O)N1CCN(c2cc(-c3ccccc3O)ncn2)CC1. The van der Waals surface area contributed by atoms with E-state index in [2.05, 4.69) is 14.9 Å². The molecule has 1 atom stereocenters. The van der Waals surface area contributed by atoms with Crippen molar-refractivity contribution in [3.8, 4) is 17.0 Å². The number of anilines is 1. The molecule has 7 heteroatoms. The largest absolute Gasteiger partial charge is 0.507 e. The number of para-hydroxylation sites is 1. The van der Waals surface area contributed by atoms with Gasteiger partial charge in [-0.3, -0.25) is 4.79 Å². The number of hydrogen-bond donors (Lipinski definition) is 2. The van der Waals surface area contributed by atoms with Crippen molar-refractivity contribution in [3.05, 3.63) is 36.7 Å². The third-order valence-electron chi connectivity index (χ3n) is 4.73. The van der Waals surface area contributed by atoms with Gasteiger partial charge in [0.2, 0.25) is 0 Å². The lowest BCUT2D eigenvalue weighted by atomic mass is 10.0. The summed E-state index contributed by atoms with van der Waals surface area (Å²) in [7, 11) is 0. The topological polar surface area (TPSA) is 89.8 Å². The molecule has 2 aromatic rings. The summed E-state index contributed by atoms with van der Waals surface area (Å²) in [4.78, 5) is 24.8. The molecule has 1 amide bonds. The average molecular weight is 370 g/mol. The van der Waals surface area contributed by atoms with E-state index in [1.165, 1.54) is 6.33 Å². The molecule has 1 aromatic heterocycles. The smallest absolute Gasteiger partial charge is 0.251 e. The van der Waals surface area contributed by atoms with Crippen LogP contribution in [0.15, 0.2) is 36.7 Å². The van der Waals surface area contributed by atoms with Gasteiger partial charge in [0.1, 0.15) is 24.0 Å². The van der Waals surface area contributed by atoms with Crippen LogP contribution in [-0.2, 0) is 4.79 Å². The second-order valence-corrected chi connectivity index (χ2v) is 7.24. The summed E-state index contributed by atoms with van der Waals surface area (Å²) in [5.74, 6) is 1.02. The third kappa shape index (κ3) is 4.54. The fourth-order valence-corrected chi connectivity index (χ4v) is 3.27. The zero-order valence-electron chi connectivity index (χ0n) is 15.7. The number of aromatic nitrogens is 2. The molecule has 144 valence electrons. The molecule has 0 spiro atoms. The van der Waals surface area contributed by atoms with E-state index >= 15 is 0 Å². The monoisotopic (exact) mass is 370 g/mol. The molecule has 0 bridgehead atoms. The van der Waals surface area contributed by atoms with E-state index in [-0.39, 0.29) is 17.6 Å². The van der Waals surface area contributed by atoms with Gasteiger partial charge in [-0.15, -0.1) is 0 Å². The molecule has 2 heterocycles. The highest BCUT2D eigenvalue weighted by atomic mass is 16.3. The van der Waals surface area contributed by atoms with Crippen LogP contribution in [0.25, 0.3) is 11.3 Å². The number of aliphatic hydroxyl groups excluding tert-OH is 1. The number of aromatic hydroxyl groups is 1. The predicted molar refractivity (Wildman–Crippen MR) is 103 cm³/mol. The molecule has 1 aromatic carbocycles. The van der Waals surface area contributed by atoms with E-state index in [9.17, 15) is 15.0 Å². The molecule has 0 saturated carbocycles. The van der Waals surface area contributed by atoms with Crippen molar-refractivity contribution < 1.29 is 15.0 Å². The summed E-state index contributed by atoms with van der Waals surface area (Å²) >= 11 is 0. The highest BCUT2D eigenvalue weighted by Crippen LogP contribution is 2.28. The van der Waals surface area contributed by atoms with Crippen molar-refractivity contribution in [2.45, 2.75) is 26.4 Å². The maximum Gasteiger partial charge on any atom is 0.251 e. The number of amides is 1. The summed E-state index contributed by atoms with van der Waals surface area (Å²) in [5.41, 5.74) is 1.32. The van der Waals surface area contributed by atoms with Crippen LogP contribution in [0.5, 0.6) is 5.75 Å². The second-order valence-electron chi connectivity index (χ2n) is 7.24. The lowest BCUT2D eigenvalue weighted by Gasteiger charge is -2.36. The fraction of sp³-hybridized carbons (Fsp3) is 0.450. The molecule has 1 saturated heterocycles. The van der Waals surface area contributed by atoms with Crippen molar-refractivity contribution in [2.24, 2.45) is 5.92 Å². The highest BCUT2D eigenvalue weighted by molar-refractivity contribution is 5.81. The summed E-state index contributed by atoms with van der Waals surface area (Å²) < 4.78 is 0. The van der Waals surface area contributed by atoms with Gasteiger partial charge in [0.15, 0.2) is 0 Å². The molecule has 1 aliphatic rings. The lowest BCUT2D eigenvalue weighted by molar-refractivity contribution is -0.141. The number of rotatable bonds is 5. The number of hydrogen-bond acceptors (Lipinski definition) is 6. The van der Waals surface area contributed by atoms with Gasteiger partial charge in [0.05, 0.1) is 5.69 Å². The second kappa shape index (κ2) is 8.35. The predicted octanol–water partition coefficient (Wildman–Crippen LogP) is 1.90. The molecule has 3 rings (SSSR count). The van der Waals surface area contributed by atoms with Crippen LogP contribution in [0.4, 0.5) is 5.82 Å². The number of carbonyl (C=O) groups excluding carboxylic acids is 1. The number of phenolic OH excluding ortho intramolecular Hbond substituents is 1. The van der Waals surface area contributed by atoms with E-state index in [4.69, 9.17) is 0 Å². The first-order valence-corrected chi connectivity index (χ1v) is 9.28. The van der Waals surface area contributed by atoms with Crippen LogP contribution in [-0.4, -0.2) is 63.3 Å². The highest BCUT2D eigenvalue weighted by Gasteiger charge is 2.27. The van der Waals surface area contributed by atoms with E-state index in [1.807, 2.05) is 32.0 Å². The molecular weight excluding hydrogens is 344 g/mol. The summed E-state index contributed by atoms with van der Waals surface area (Å²) in [6, 6.07) is 8.91. The summed E-state index contributed by atoms with van der Waals surface area (Å²) in [5, 5.41) is 20.1. The molecule has 0 unspecified atom stereocenters. The molecule has 1 aliphatic heterocycles. The maximum atomic E-state index is 12.4. The molecule has 27 heavy (non-hydrogen) atoms. The Labute approximate surface area is 159 Å². The minimum Gasteiger partial charge on any atom is -0.507 e. The van der Waals surface area contributed by atoms with Crippen LogP contribution < -0.4 is 4.90 Å². The van der Waals surface area contributed by atoms with Gasteiger partial charge in [-0.25, -0.2) is 9.97 Å². The molecule has 0 radical (unpaired) electrons. The minimum atomic E-state index is -0.928. The Hall–Kier alpha value is -2.67. The van der Waals surface area contributed by atoms with Crippen LogP contribution >= 0.6 is 0 Å². The first-order chi connectivity index (χ1) is 13.0. The Morgan fingerprint density at radius 2 is 1.85 bits per heavy atom. The lowest BCUT2D eigenvalue weighted by Crippen LogP contribution is -2.51. The minimum absolute atomic E-state index is 0.178. The molecule has 0 aliphatic carbocycles. The number of aliphatic hydroxyl groups is 1. The first kappa shape index (κ1) is 19.1. The van der Waals surface area contributed by atoms with Crippen molar-refractivity contribution in [1.82, 2.24) is 14.9 Å². The standard InChI is InChI=1S/C20H26N4O3/c1-14(2)11-18(26)20(27)24-9-7-23(8-10-24)19-12-16(21-13-22-19)15-5-3-4-6-17(15)25/h3-6,12-14,18,25-26H,7-11H2,1-2H3/t18-/m1/s1. The van der Waals surface area contributed by atoms with Gasteiger partial charge in [-0.05, 0) is 24.5 Å². The maximum absolute atomic E-state index is 12.4. The Bertz CT molecular complexity index is 788. The number of piperazine rings is 1. The Kier molecular flexibility index (Phi) is 5.91.